The first-order valence-corrected chi connectivity index (χ1v) is 8.21. The molecule has 0 aromatic carbocycles. The smallest absolute Gasteiger partial charge is 0.0312 e. The van der Waals surface area contributed by atoms with E-state index in [0.29, 0.717) is 0 Å². The predicted molar refractivity (Wildman–Crippen MR) is 83.7 cm³/mol. The van der Waals surface area contributed by atoms with Crippen molar-refractivity contribution in [3.8, 4) is 0 Å². The van der Waals surface area contributed by atoms with Crippen molar-refractivity contribution in [2.75, 3.05) is 13.1 Å². The molecule has 0 unspecified atom stereocenters. The summed E-state index contributed by atoms with van der Waals surface area (Å²) in [6.45, 7) is 4.17. The molecule has 0 aliphatic heterocycles. The molecule has 20 heavy (non-hydrogen) atoms. The summed E-state index contributed by atoms with van der Waals surface area (Å²) in [7, 11) is 0. The molecule has 1 saturated carbocycles. The molecule has 1 N–H and O–H groups in total. The van der Waals surface area contributed by atoms with Gasteiger partial charge in [-0.25, -0.2) is 0 Å². The minimum atomic E-state index is 0.815. The fourth-order valence-electron chi connectivity index (χ4n) is 2.41. The zero-order chi connectivity index (χ0) is 13.6. The molecule has 0 spiro atoms. The number of hydrogen-bond donors (Lipinski definition) is 1. The number of pyridine rings is 1. The van der Waals surface area contributed by atoms with E-state index in [-0.39, 0.29) is 0 Å². The number of hydrogen-bond acceptors (Lipinski definition) is 4. The van der Waals surface area contributed by atoms with Crippen LogP contribution in [0.4, 0.5) is 0 Å². The van der Waals surface area contributed by atoms with Crippen molar-refractivity contribution < 1.29 is 0 Å². The summed E-state index contributed by atoms with van der Waals surface area (Å²) in [5.41, 5.74) is 2.71. The number of thiophene rings is 1. The largest absolute Gasteiger partial charge is 0.311 e. The first-order valence-electron chi connectivity index (χ1n) is 7.26. The monoisotopic (exact) mass is 287 g/mol. The van der Waals surface area contributed by atoms with Gasteiger partial charge >= 0.3 is 0 Å². The van der Waals surface area contributed by atoms with Crippen LogP contribution in [0.25, 0.3) is 0 Å². The first kappa shape index (κ1) is 13.7. The highest BCUT2D eigenvalue weighted by Crippen LogP contribution is 2.28. The van der Waals surface area contributed by atoms with Crippen LogP contribution in [-0.2, 0) is 13.1 Å². The van der Waals surface area contributed by atoms with E-state index >= 15 is 0 Å². The van der Waals surface area contributed by atoms with Crippen LogP contribution in [0, 0.1) is 0 Å². The van der Waals surface area contributed by atoms with Crippen LogP contribution in [0.15, 0.2) is 41.4 Å². The van der Waals surface area contributed by atoms with Gasteiger partial charge in [0.15, 0.2) is 0 Å². The Bertz CT molecular complexity index is 494. The Morgan fingerprint density at radius 1 is 1.30 bits per heavy atom. The minimum absolute atomic E-state index is 0.815. The van der Waals surface area contributed by atoms with Crippen molar-refractivity contribution in [2.45, 2.75) is 32.0 Å². The SMILES string of the molecule is c1cncc(CNCCN(Cc2ccsc2)C2CC2)c1. The minimum Gasteiger partial charge on any atom is -0.311 e. The summed E-state index contributed by atoms with van der Waals surface area (Å²) in [6.07, 6.45) is 6.48. The third-order valence-electron chi connectivity index (χ3n) is 3.66. The van der Waals surface area contributed by atoms with Gasteiger partial charge in [0.1, 0.15) is 0 Å². The van der Waals surface area contributed by atoms with Crippen molar-refractivity contribution in [1.29, 1.82) is 0 Å². The Labute approximate surface area is 124 Å². The summed E-state index contributed by atoms with van der Waals surface area (Å²) in [5.74, 6) is 0. The summed E-state index contributed by atoms with van der Waals surface area (Å²) < 4.78 is 0. The van der Waals surface area contributed by atoms with Gasteiger partial charge < -0.3 is 5.32 Å². The lowest BCUT2D eigenvalue weighted by molar-refractivity contribution is 0.254. The van der Waals surface area contributed by atoms with Gasteiger partial charge in [-0.05, 0) is 46.9 Å². The molecule has 0 amide bonds. The van der Waals surface area contributed by atoms with Crippen LogP contribution >= 0.6 is 11.3 Å². The Hall–Kier alpha value is -1.23. The van der Waals surface area contributed by atoms with Crippen LogP contribution < -0.4 is 5.32 Å². The maximum atomic E-state index is 4.14. The molecule has 3 nitrogen and oxygen atoms in total. The molecular weight excluding hydrogens is 266 g/mol. The lowest BCUT2D eigenvalue weighted by Gasteiger charge is -2.21. The van der Waals surface area contributed by atoms with Gasteiger partial charge in [-0.15, -0.1) is 0 Å². The summed E-state index contributed by atoms with van der Waals surface area (Å²) >= 11 is 1.79. The summed E-state index contributed by atoms with van der Waals surface area (Å²) in [4.78, 5) is 6.75. The van der Waals surface area contributed by atoms with Crippen molar-refractivity contribution in [3.05, 3.63) is 52.5 Å². The van der Waals surface area contributed by atoms with Crippen LogP contribution in [0.5, 0.6) is 0 Å². The van der Waals surface area contributed by atoms with E-state index in [0.717, 1.165) is 32.2 Å². The van der Waals surface area contributed by atoms with E-state index in [9.17, 15) is 0 Å². The normalized spacial score (nSPS) is 14.8. The highest BCUT2D eigenvalue weighted by Gasteiger charge is 2.28. The van der Waals surface area contributed by atoms with Gasteiger partial charge in [0, 0.05) is 44.6 Å². The van der Waals surface area contributed by atoms with Crippen LogP contribution in [-0.4, -0.2) is 29.0 Å². The molecule has 0 bridgehead atoms. The maximum absolute atomic E-state index is 4.14. The summed E-state index contributed by atoms with van der Waals surface area (Å²) in [5, 5.41) is 7.95. The van der Waals surface area contributed by atoms with Crippen LogP contribution in [0.1, 0.15) is 24.0 Å². The van der Waals surface area contributed by atoms with E-state index in [1.165, 1.54) is 24.0 Å². The number of nitrogens with zero attached hydrogens (tertiary/aromatic N) is 2. The lowest BCUT2D eigenvalue weighted by atomic mass is 10.3. The molecule has 1 aliphatic rings. The average Bonchev–Trinajstić information content (AvgIpc) is 3.21. The highest BCUT2D eigenvalue weighted by molar-refractivity contribution is 7.07. The standard InChI is InChI=1S/C16H21N3S/c1-2-14(10-17-6-1)11-18-7-8-19(16-3-4-16)12-15-5-9-20-13-15/h1-2,5-6,9-10,13,16,18H,3-4,7-8,11-12H2. The molecule has 1 fully saturated rings. The van der Waals surface area contributed by atoms with Crippen molar-refractivity contribution in [2.24, 2.45) is 0 Å². The van der Waals surface area contributed by atoms with E-state index < -0.39 is 0 Å². The highest BCUT2D eigenvalue weighted by atomic mass is 32.1. The Kier molecular flexibility index (Phi) is 4.79. The molecule has 0 saturated heterocycles. The molecular formula is C16H21N3S. The second kappa shape index (κ2) is 6.97. The van der Waals surface area contributed by atoms with Crippen LogP contribution in [0.2, 0.25) is 0 Å². The zero-order valence-electron chi connectivity index (χ0n) is 11.7. The second-order valence-corrected chi connectivity index (χ2v) is 6.15. The van der Waals surface area contributed by atoms with Gasteiger partial charge in [-0.1, -0.05) is 6.07 Å². The van der Waals surface area contributed by atoms with Crippen molar-refractivity contribution >= 4 is 11.3 Å². The quantitative estimate of drug-likeness (QED) is 0.757. The van der Waals surface area contributed by atoms with Gasteiger partial charge in [0.2, 0.25) is 0 Å². The number of aromatic nitrogens is 1. The third-order valence-corrected chi connectivity index (χ3v) is 4.39. The van der Waals surface area contributed by atoms with Gasteiger partial charge in [-0.3, -0.25) is 9.88 Å². The maximum Gasteiger partial charge on any atom is 0.0312 e. The first-order chi connectivity index (χ1) is 9.92. The number of nitrogens with one attached hydrogen (secondary N) is 1. The Morgan fingerprint density at radius 3 is 2.95 bits per heavy atom. The van der Waals surface area contributed by atoms with E-state index in [1.807, 2.05) is 18.5 Å². The van der Waals surface area contributed by atoms with Crippen LogP contribution in [0.3, 0.4) is 0 Å². The predicted octanol–water partition coefficient (Wildman–Crippen LogP) is 2.90. The molecule has 3 rings (SSSR count). The van der Waals surface area contributed by atoms with Crippen molar-refractivity contribution in [1.82, 2.24) is 15.2 Å². The molecule has 1 aliphatic carbocycles. The van der Waals surface area contributed by atoms with Gasteiger partial charge in [0.05, 0.1) is 0 Å². The second-order valence-electron chi connectivity index (χ2n) is 5.37. The Balaban J connectivity index is 1.41. The molecule has 2 aromatic rings. The molecule has 2 aromatic heterocycles. The third kappa shape index (κ3) is 4.13. The molecule has 106 valence electrons. The molecule has 2 heterocycles. The van der Waals surface area contributed by atoms with E-state index in [1.54, 1.807) is 11.3 Å². The molecule has 4 heteroatoms. The molecule has 0 radical (unpaired) electrons. The number of rotatable bonds is 8. The fraction of sp³-hybridized carbons (Fsp3) is 0.438. The fourth-order valence-corrected chi connectivity index (χ4v) is 3.07. The Morgan fingerprint density at radius 2 is 2.25 bits per heavy atom. The summed E-state index contributed by atoms with van der Waals surface area (Å²) in [6, 6.07) is 7.16. The average molecular weight is 287 g/mol. The van der Waals surface area contributed by atoms with Gasteiger partial charge in [-0.2, -0.15) is 11.3 Å². The van der Waals surface area contributed by atoms with Crippen molar-refractivity contribution in [3.63, 3.8) is 0 Å². The lowest BCUT2D eigenvalue weighted by Crippen LogP contribution is -2.33. The van der Waals surface area contributed by atoms with Gasteiger partial charge in [0.25, 0.3) is 0 Å². The van der Waals surface area contributed by atoms with E-state index in [4.69, 9.17) is 0 Å². The molecule has 0 atom stereocenters. The zero-order valence-corrected chi connectivity index (χ0v) is 12.5. The van der Waals surface area contributed by atoms with E-state index in [2.05, 4.69) is 38.1 Å². The topological polar surface area (TPSA) is 28.2 Å².